The second-order valence-corrected chi connectivity index (χ2v) is 8.63. The molecule has 0 spiro atoms. The molecule has 1 heterocycles. The minimum Gasteiger partial charge on any atom is -0.483 e. The van der Waals surface area contributed by atoms with E-state index in [1.165, 1.54) is 4.90 Å². The maximum absolute atomic E-state index is 12.5. The molecule has 1 aliphatic rings. The summed E-state index contributed by atoms with van der Waals surface area (Å²) in [7, 11) is -0.163. The highest BCUT2D eigenvalue weighted by Crippen LogP contribution is 2.22. The molecule has 28 heavy (non-hydrogen) atoms. The van der Waals surface area contributed by atoms with Crippen LogP contribution < -0.4 is 9.46 Å². The van der Waals surface area contributed by atoms with Gasteiger partial charge in [0.1, 0.15) is 5.75 Å². The normalized spacial score (nSPS) is 15.2. The van der Waals surface area contributed by atoms with E-state index in [2.05, 4.69) is 11.3 Å². The van der Waals surface area contributed by atoms with Crippen LogP contribution in [0.5, 0.6) is 5.75 Å². The second-order valence-electron chi connectivity index (χ2n) is 6.97. The van der Waals surface area contributed by atoms with Gasteiger partial charge in [0.05, 0.1) is 5.56 Å². The van der Waals surface area contributed by atoms with Crippen LogP contribution in [0.4, 0.5) is 0 Å². The Morgan fingerprint density at radius 2 is 1.96 bits per heavy atom. The van der Waals surface area contributed by atoms with E-state index in [1.54, 1.807) is 31.1 Å². The van der Waals surface area contributed by atoms with Crippen LogP contribution in [0.2, 0.25) is 0 Å². The summed E-state index contributed by atoms with van der Waals surface area (Å²) in [6, 6.07) is 5.03. The number of nitrogens with zero attached hydrogens (tertiary/aromatic N) is 2. The van der Waals surface area contributed by atoms with Crippen LogP contribution in [0.25, 0.3) is 0 Å². The van der Waals surface area contributed by atoms with Crippen LogP contribution >= 0.6 is 0 Å². The molecular weight excluding hydrogens is 382 g/mol. The average molecular weight is 410 g/mol. The van der Waals surface area contributed by atoms with Gasteiger partial charge in [-0.3, -0.25) is 9.59 Å². The fourth-order valence-electron chi connectivity index (χ4n) is 2.94. The van der Waals surface area contributed by atoms with Crippen molar-refractivity contribution in [2.75, 3.05) is 33.8 Å². The third kappa shape index (κ3) is 5.80. The number of amides is 2. The molecule has 1 aromatic carbocycles. The summed E-state index contributed by atoms with van der Waals surface area (Å²) < 4.78 is 31.3. The summed E-state index contributed by atoms with van der Waals surface area (Å²) in [5.41, 5.74) is 1.34. The third-order valence-electron chi connectivity index (χ3n) is 4.52. The molecule has 2 amide bonds. The number of hydrogen-bond donors (Lipinski definition) is 1. The van der Waals surface area contributed by atoms with Crippen molar-refractivity contribution in [3.63, 3.8) is 0 Å². The summed E-state index contributed by atoms with van der Waals surface area (Å²) in [4.78, 5) is 27.9. The predicted molar refractivity (Wildman–Crippen MR) is 107 cm³/mol. The molecule has 8 nitrogen and oxygen atoms in total. The lowest BCUT2D eigenvalue weighted by Crippen LogP contribution is -2.47. The van der Waals surface area contributed by atoms with Gasteiger partial charge in [-0.15, -0.1) is 0 Å². The zero-order valence-electron chi connectivity index (χ0n) is 16.5. The van der Waals surface area contributed by atoms with Gasteiger partial charge in [-0.2, -0.15) is 0 Å². The Morgan fingerprint density at radius 1 is 1.32 bits per heavy atom. The van der Waals surface area contributed by atoms with Gasteiger partial charge in [-0.25, -0.2) is 13.1 Å². The molecule has 9 heteroatoms. The summed E-state index contributed by atoms with van der Waals surface area (Å²) in [6.07, 6.45) is 1.04. The van der Waals surface area contributed by atoms with E-state index in [4.69, 9.17) is 4.74 Å². The SMILES string of the molecule is C=CS(=O)(=O)NC1CCN(C(=O)COc2ccc(C)cc2C(=O)N(C)C)CC1. The van der Waals surface area contributed by atoms with Gasteiger partial charge in [-0.1, -0.05) is 18.2 Å². The first-order valence-electron chi connectivity index (χ1n) is 9.00. The number of rotatable bonds is 7. The first-order chi connectivity index (χ1) is 13.1. The molecule has 2 rings (SSSR count). The lowest BCUT2D eigenvalue weighted by atomic mass is 10.1. The predicted octanol–water partition coefficient (Wildman–Crippen LogP) is 1.13. The highest BCUT2D eigenvalue weighted by molar-refractivity contribution is 7.92. The van der Waals surface area contributed by atoms with Gasteiger partial charge in [-0.05, 0) is 31.9 Å². The lowest BCUT2D eigenvalue weighted by molar-refractivity contribution is -0.134. The van der Waals surface area contributed by atoms with Crippen molar-refractivity contribution >= 4 is 21.8 Å². The summed E-state index contributed by atoms with van der Waals surface area (Å²) >= 11 is 0. The van der Waals surface area contributed by atoms with Crippen LogP contribution in [0, 0.1) is 6.92 Å². The Labute approximate surface area is 166 Å². The smallest absolute Gasteiger partial charge is 0.260 e. The number of piperidine rings is 1. The van der Waals surface area contributed by atoms with Gasteiger partial charge in [0, 0.05) is 38.6 Å². The average Bonchev–Trinajstić information content (AvgIpc) is 2.66. The van der Waals surface area contributed by atoms with Crippen molar-refractivity contribution in [2.24, 2.45) is 0 Å². The number of benzene rings is 1. The molecule has 0 aliphatic carbocycles. The number of sulfonamides is 1. The van der Waals surface area contributed by atoms with Gasteiger partial charge in [0.2, 0.25) is 10.0 Å². The number of ether oxygens (including phenoxy) is 1. The molecule has 0 atom stereocenters. The highest BCUT2D eigenvalue weighted by Gasteiger charge is 2.25. The van der Waals surface area contributed by atoms with Crippen LogP contribution in [-0.2, 0) is 14.8 Å². The Bertz CT molecular complexity index is 843. The topological polar surface area (TPSA) is 96.0 Å². The minimum atomic E-state index is -3.48. The van der Waals surface area contributed by atoms with E-state index in [0.717, 1.165) is 11.0 Å². The van der Waals surface area contributed by atoms with E-state index >= 15 is 0 Å². The molecule has 1 N–H and O–H groups in total. The van der Waals surface area contributed by atoms with E-state index in [9.17, 15) is 18.0 Å². The molecule has 0 radical (unpaired) electrons. The zero-order valence-corrected chi connectivity index (χ0v) is 17.3. The van der Waals surface area contributed by atoms with E-state index in [-0.39, 0.29) is 24.5 Å². The Kier molecular flexibility index (Phi) is 7.20. The molecule has 0 unspecified atom stereocenters. The first kappa shape index (κ1) is 21.9. The van der Waals surface area contributed by atoms with Gasteiger partial charge >= 0.3 is 0 Å². The minimum absolute atomic E-state index is 0.181. The lowest BCUT2D eigenvalue weighted by Gasteiger charge is -2.32. The molecular formula is C19H27N3O5S. The maximum atomic E-state index is 12.5. The number of carbonyl (C=O) groups is 2. The fourth-order valence-corrected chi connectivity index (χ4v) is 3.73. The van der Waals surface area contributed by atoms with E-state index in [0.29, 0.717) is 37.2 Å². The van der Waals surface area contributed by atoms with Crippen molar-refractivity contribution in [1.82, 2.24) is 14.5 Å². The quantitative estimate of drug-likeness (QED) is 0.728. The Morgan fingerprint density at radius 3 is 2.54 bits per heavy atom. The highest BCUT2D eigenvalue weighted by atomic mass is 32.2. The summed E-state index contributed by atoms with van der Waals surface area (Å²) in [5.74, 6) is -0.0263. The van der Waals surface area contributed by atoms with Gasteiger partial charge < -0.3 is 14.5 Å². The van der Waals surface area contributed by atoms with Crippen molar-refractivity contribution < 1.29 is 22.7 Å². The molecule has 1 fully saturated rings. The standard InChI is InChI=1S/C19H27N3O5S/c1-5-28(25,26)20-15-8-10-22(11-9-15)18(23)13-27-17-7-6-14(2)12-16(17)19(24)21(3)4/h5-7,12,15,20H,1,8-11,13H2,2-4H3. The van der Waals surface area contributed by atoms with Crippen molar-refractivity contribution in [2.45, 2.75) is 25.8 Å². The summed E-state index contributed by atoms with van der Waals surface area (Å²) in [6.45, 7) is 5.84. The maximum Gasteiger partial charge on any atom is 0.260 e. The van der Waals surface area contributed by atoms with Crippen molar-refractivity contribution in [3.8, 4) is 5.75 Å². The number of carbonyl (C=O) groups excluding carboxylic acids is 2. The molecule has 0 saturated carbocycles. The van der Waals surface area contributed by atoms with E-state index < -0.39 is 10.0 Å². The molecule has 154 valence electrons. The number of hydrogen-bond acceptors (Lipinski definition) is 5. The molecule has 1 saturated heterocycles. The zero-order chi connectivity index (χ0) is 20.9. The third-order valence-corrected chi connectivity index (χ3v) is 5.62. The van der Waals surface area contributed by atoms with Crippen LogP contribution in [0.1, 0.15) is 28.8 Å². The number of likely N-dealkylation sites (tertiary alicyclic amines) is 1. The molecule has 0 aromatic heterocycles. The van der Waals surface area contributed by atoms with Crippen LogP contribution in [0.3, 0.4) is 0 Å². The number of aryl methyl sites for hydroxylation is 1. The van der Waals surface area contributed by atoms with Crippen LogP contribution in [-0.4, -0.2) is 69.9 Å². The molecule has 1 aliphatic heterocycles. The monoisotopic (exact) mass is 409 g/mol. The summed E-state index contributed by atoms with van der Waals surface area (Å²) in [5, 5.41) is 0.881. The molecule has 0 bridgehead atoms. The Hall–Kier alpha value is -2.39. The second kappa shape index (κ2) is 9.20. The molecule has 1 aromatic rings. The van der Waals surface area contributed by atoms with Crippen LogP contribution in [0.15, 0.2) is 30.2 Å². The van der Waals surface area contributed by atoms with Gasteiger partial charge in [0.25, 0.3) is 11.8 Å². The number of nitrogens with one attached hydrogen (secondary N) is 1. The first-order valence-corrected chi connectivity index (χ1v) is 10.5. The van der Waals surface area contributed by atoms with Crippen molar-refractivity contribution in [1.29, 1.82) is 0 Å². The van der Waals surface area contributed by atoms with Gasteiger partial charge in [0.15, 0.2) is 6.61 Å². The fraction of sp³-hybridized carbons (Fsp3) is 0.474. The largest absolute Gasteiger partial charge is 0.483 e. The van der Waals surface area contributed by atoms with Crippen molar-refractivity contribution in [3.05, 3.63) is 41.3 Å². The Balaban J connectivity index is 1.93. The van der Waals surface area contributed by atoms with E-state index in [1.807, 2.05) is 13.0 Å².